The van der Waals surface area contributed by atoms with E-state index in [0.717, 1.165) is 5.56 Å². The lowest BCUT2D eigenvalue weighted by Gasteiger charge is -2.20. The van der Waals surface area contributed by atoms with Crippen molar-refractivity contribution in [3.05, 3.63) is 30.7 Å². The maximum absolute atomic E-state index is 11.6. The third-order valence-electron chi connectivity index (χ3n) is 2.27. The van der Waals surface area contributed by atoms with Crippen LogP contribution in [0.25, 0.3) is 11.3 Å². The van der Waals surface area contributed by atoms with Gasteiger partial charge in [0.05, 0.1) is 5.69 Å². The highest BCUT2D eigenvalue weighted by molar-refractivity contribution is 5.76. The van der Waals surface area contributed by atoms with Gasteiger partial charge in [0, 0.05) is 24.2 Å². The number of anilines is 1. The van der Waals surface area contributed by atoms with Gasteiger partial charge in [0.15, 0.2) is 0 Å². The molecule has 2 heterocycles. The highest BCUT2D eigenvalue weighted by atomic mass is 16.6. The fourth-order valence-electron chi connectivity index (χ4n) is 1.53. The van der Waals surface area contributed by atoms with Gasteiger partial charge in [-0.15, -0.1) is 0 Å². The molecule has 20 heavy (non-hydrogen) atoms. The van der Waals surface area contributed by atoms with Crippen LogP contribution in [0.3, 0.4) is 0 Å². The normalized spacial score (nSPS) is 10.9. The molecule has 0 atom stereocenters. The molecular weight excluding hydrogens is 258 g/mol. The van der Waals surface area contributed by atoms with Crippen LogP contribution in [0, 0.1) is 0 Å². The fraction of sp³-hybridized carbons (Fsp3) is 0.308. The minimum atomic E-state index is -0.559. The summed E-state index contributed by atoms with van der Waals surface area (Å²) < 4.78 is 5.13. The largest absolute Gasteiger partial charge is 0.443 e. The first-order valence-corrected chi connectivity index (χ1v) is 6.15. The Morgan fingerprint density at radius 3 is 2.85 bits per heavy atom. The molecule has 0 aromatic carbocycles. The van der Waals surface area contributed by atoms with Crippen molar-refractivity contribution in [2.75, 3.05) is 5.43 Å². The molecule has 2 aromatic heterocycles. The number of hydrogen-bond acceptors (Lipinski definition) is 5. The quantitative estimate of drug-likeness (QED) is 0.748. The van der Waals surface area contributed by atoms with Gasteiger partial charge >= 0.3 is 6.09 Å². The third kappa shape index (κ3) is 3.71. The predicted molar refractivity (Wildman–Crippen MR) is 74.8 cm³/mol. The highest BCUT2D eigenvalue weighted by Gasteiger charge is 2.16. The van der Waals surface area contributed by atoms with Gasteiger partial charge in [-0.05, 0) is 32.9 Å². The number of pyridine rings is 1. The molecular formula is C13H17N5O2. The molecule has 2 rings (SSSR count). The Labute approximate surface area is 116 Å². The highest BCUT2D eigenvalue weighted by Crippen LogP contribution is 2.23. The molecule has 106 valence electrons. The molecule has 3 N–H and O–H groups in total. The summed E-state index contributed by atoms with van der Waals surface area (Å²) in [5, 5.41) is 6.86. The number of nitrogens with one attached hydrogen (secondary N) is 3. The molecule has 7 nitrogen and oxygen atoms in total. The topological polar surface area (TPSA) is 91.9 Å². The van der Waals surface area contributed by atoms with Crippen LogP contribution in [0.5, 0.6) is 0 Å². The maximum Gasteiger partial charge on any atom is 0.426 e. The Morgan fingerprint density at radius 2 is 2.20 bits per heavy atom. The average Bonchev–Trinajstić information content (AvgIpc) is 2.83. The number of aromatic amines is 1. The lowest BCUT2D eigenvalue weighted by atomic mass is 10.2. The number of nitrogens with zero attached hydrogens (tertiary/aromatic N) is 2. The van der Waals surface area contributed by atoms with Crippen molar-refractivity contribution in [1.29, 1.82) is 0 Å². The smallest absolute Gasteiger partial charge is 0.426 e. The van der Waals surface area contributed by atoms with Crippen LogP contribution in [0.4, 0.5) is 10.5 Å². The molecule has 0 aliphatic rings. The van der Waals surface area contributed by atoms with Crippen molar-refractivity contribution in [3.8, 4) is 11.3 Å². The molecule has 0 bridgehead atoms. The van der Waals surface area contributed by atoms with Crippen LogP contribution in [-0.4, -0.2) is 26.9 Å². The summed E-state index contributed by atoms with van der Waals surface area (Å²) in [6.45, 7) is 5.39. The van der Waals surface area contributed by atoms with Crippen LogP contribution >= 0.6 is 0 Å². The summed E-state index contributed by atoms with van der Waals surface area (Å²) >= 11 is 0. The van der Waals surface area contributed by atoms with Crippen LogP contribution in [0.15, 0.2) is 30.7 Å². The van der Waals surface area contributed by atoms with E-state index < -0.39 is 11.7 Å². The molecule has 7 heteroatoms. The summed E-state index contributed by atoms with van der Waals surface area (Å²) in [5.74, 6) is 0. The summed E-state index contributed by atoms with van der Waals surface area (Å²) in [6.07, 6.45) is 4.45. The number of carbonyl (C=O) groups excluding carboxylic acids is 1. The lowest BCUT2D eigenvalue weighted by Crippen LogP contribution is -2.35. The van der Waals surface area contributed by atoms with E-state index in [4.69, 9.17) is 4.74 Å². The Hall–Kier alpha value is -2.57. The van der Waals surface area contributed by atoms with E-state index in [1.54, 1.807) is 39.4 Å². The van der Waals surface area contributed by atoms with Gasteiger partial charge in [-0.3, -0.25) is 15.5 Å². The second-order valence-electron chi connectivity index (χ2n) is 5.14. The summed E-state index contributed by atoms with van der Waals surface area (Å²) in [7, 11) is 0. The minimum Gasteiger partial charge on any atom is -0.443 e. The number of carbonyl (C=O) groups is 1. The molecule has 1 amide bonds. The van der Waals surface area contributed by atoms with Gasteiger partial charge in [0.1, 0.15) is 11.3 Å². The number of H-pyrrole nitrogens is 1. The minimum absolute atomic E-state index is 0.547. The number of ether oxygens (including phenoxy) is 1. The van der Waals surface area contributed by atoms with Crippen LogP contribution in [0.2, 0.25) is 0 Å². The molecule has 0 saturated heterocycles. The van der Waals surface area contributed by atoms with Gasteiger partial charge in [0.25, 0.3) is 0 Å². The second-order valence-corrected chi connectivity index (χ2v) is 5.14. The van der Waals surface area contributed by atoms with Crippen molar-refractivity contribution in [2.24, 2.45) is 0 Å². The van der Waals surface area contributed by atoms with E-state index in [-0.39, 0.29) is 0 Å². The lowest BCUT2D eigenvalue weighted by molar-refractivity contribution is 0.0541. The number of hydrazine groups is 1. The van der Waals surface area contributed by atoms with Crippen LogP contribution < -0.4 is 10.9 Å². The Bertz CT molecular complexity index is 574. The van der Waals surface area contributed by atoms with Crippen molar-refractivity contribution in [3.63, 3.8) is 0 Å². The van der Waals surface area contributed by atoms with Gasteiger partial charge in [-0.25, -0.2) is 10.2 Å². The number of hydrogen-bond donors (Lipinski definition) is 3. The van der Waals surface area contributed by atoms with E-state index in [0.29, 0.717) is 11.4 Å². The molecule has 0 aliphatic heterocycles. The fourth-order valence-corrected chi connectivity index (χ4v) is 1.53. The first kappa shape index (κ1) is 13.9. The molecule has 0 unspecified atom stereocenters. The monoisotopic (exact) mass is 275 g/mol. The SMILES string of the molecule is CC(C)(C)OC(=O)NNc1c[nH]nc1-c1cccnc1. The Balaban J connectivity index is 2.02. The van der Waals surface area contributed by atoms with Crippen molar-refractivity contribution >= 4 is 11.8 Å². The average molecular weight is 275 g/mol. The molecule has 0 spiro atoms. The van der Waals surface area contributed by atoms with Crippen LogP contribution in [0.1, 0.15) is 20.8 Å². The van der Waals surface area contributed by atoms with E-state index in [2.05, 4.69) is 26.0 Å². The molecule has 2 aromatic rings. The van der Waals surface area contributed by atoms with Crippen molar-refractivity contribution in [1.82, 2.24) is 20.6 Å². The number of aromatic nitrogens is 3. The molecule has 0 aliphatic carbocycles. The number of rotatable bonds is 3. The van der Waals surface area contributed by atoms with E-state index in [1.807, 2.05) is 12.1 Å². The van der Waals surface area contributed by atoms with Gasteiger partial charge < -0.3 is 4.74 Å². The molecule has 0 saturated carbocycles. The Morgan fingerprint density at radius 1 is 1.40 bits per heavy atom. The predicted octanol–water partition coefficient (Wildman–Crippen LogP) is 2.32. The first-order chi connectivity index (χ1) is 9.46. The number of amides is 1. The first-order valence-electron chi connectivity index (χ1n) is 6.15. The summed E-state index contributed by atoms with van der Waals surface area (Å²) in [4.78, 5) is 15.6. The standard InChI is InChI=1S/C13H17N5O2/c1-13(2,3)20-12(19)18-16-10-8-15-17-11(10)9-5-4-6-14-7-9/h4-8,16H,1-3H3,(H,15,17)(H,18,19). The maximum atomic E-state index is 11.6. The molecule has 0 radical (unpaired) electrons. The molecule has 0 fully saturated rings. The van der Waals surface area contributed by atoms with Gasteiger partial charge in [-0.2, -0.15) is 5.10 Å². The van der Waals surface area contributed by atoms with Gasteiger partial charge in [-0.1, -0.05) is 0 Å². The van der Waals surface area contributed by atoms with Crippen LogP contribution in [-0.2, 0) is 4.74 Å². The summed E-state index contributed by atoms with van der Waals surface area (Å²) in [6, 6.07) is 3.69. The van der Waals surface area contributed by atoms with Gasteiger partial charge in [0.2, 0.25) is 0 Å². The third-order valence-corrected chi connectivity index (χ3v) is 2.27. The van der Waals surface area contributed by atoms with E-state index >= 15 is 0 Å². The van der Waals surface area contributed by atoms with E-state index in [9.17, 15) is 4.79 Å². The zero-order valence-corrected chi connectivity index (χ0v) is 11.6. The van der Waals surface area contributed by atoms with E-state index in [1.165, 1.54) is 0 Å². The second kappa shape index (κ2) is 5.60. The van der Waals surface area contributed by atoms with Crippen molar-refractivity contribution in [2.45, 2.75) is 26.4 Å². The zero-order chi connectivity index (χ0) is 14.6. The summed E-state index contributed by atoms with van der Waals surface area (Å²) in [5.41, 5.74) is 6.81. The van der Waals surface area contributed by atoms with Crippen molar-refractivity contribution < 1.29 is 9.53 Å². The zero-order valence-electron chi connectivity index (χ0n) is 11.6. The Kier molecular flexibility index (Phi) is 3.88.